The number of carbonyl (C=O) groups excluding carboxylic acids is 1. The highest BCUT2D eigenvalue weighted by Crippen LogP contribution is 2.29. The maximum Gasteiger partial charge on any atom is 0.238 e. The minimum absolute atomic E-state index is 0.193. The standard InChI is InChI=1S/C10H6Cl2O2S/c1-5-4-7(15-10(5)12)9(13)6-2-3-8(11)14-6/h2-4H,1H3. The van der Waals surface area contributed by atoms with Crippen molar-refractivity contribution in [3.8, 4) is 0 Å². The van der Waals surface area contributed by atoms with Gasteiger partial charge in [-0.2, -0.15) is 0 Å². The van der Waals surface area contributed by atoms with Gasteiger partial charge in [-0.1, -0.05) is 11.6 Å². The largest absolute Gasteiger partial charge is 0.441 e. The highest BCUT2D eigenvalue weighted by molar-refractivity contribution is 7.18. The summed E-state index contributed by atoms with van der Waals surface area (Å²) in [6.45, 7) is 1.85. The second kappa shape index (κ2) is 4.00. The highest BCUT2D eigenvalue weighted by atomic mass is 35.5. The van der Waals surface area contributed by atoms with E-state index in [4.69, 9.17) is 27.6 Å². The van der Waals surface area contributed by atoms with E-state index in [2.05, 4.69) is 0 Å². The molecule has 0 aliphatic heterocycles. The Morgan fingerprint density at radius 1 is 1.40 bits per heavy atom. The molecular formula is C10H6Cl2O2S. The molecule has 0 aromatic carbocycles. The van der Waals surface area contributed by atoms with Gasteiger partial charge in [-0.25, -0.2) is 0 Å². The van der Waals surface area contributed by atoms with E-state index in [9.17, 15) is 4.79 Å². The van der Waals surface area contributed by atoms with Crippen molar-refractivity contribution in [2.45, 2.75) is 6.92 Å². The second-order valence-corrected chi connectivity index (χ2v) is 5.03. The summed E-state index contributed by atoms with van der Waals surface area (Å²) < 4.78 is 5.65. The summed E-state index contributed by atoms with van der Waals surface area (Å²) in [4.78, 5) is 12.4. The van der Waals surface area contributed by atoms with E-state index in [1.807, 2.05) is 6.92 Å². The summed E-state index contributed by atoms with van der Waals surface area (Å²) >= 11 is 12.7. The third-order valence-electron chi connectivity index (χ3n) is 1.88. The van der Waals surface area contributed by atoms with Crippen LogP contribution in [0.4, 0.5) is 0 Å². The lowest BCUT2D eigenvalue weighted by atomic mass is 10.2. The molecule has 0 N–H and O–H groups in total. The van der Waals surface area contributed by atoms with Crippen molar-refractivity contribution in [3.63, 3.8) is 0 Å². The number of rotatable bonds is 2. The fourth-order valence-corrected chi connectivity index (χ4v) is 2.42. The number of furan rings is 1. The predicted octanol–water partition coefficient (Wildman–Crippen LogP) is 4.19. The number of carbonyl (C=O) groups is 1. The van der Waals surface area contributed by atoms with Crippen LogP contribution in [0, 0.1) is 6.92 Å². The van der Waals surface area contributed by atoms with Crippen LogP contribution >= 0.6 is 34.5 Å². The summed E-state index contributed by atoms with van der Waals surface area (Å²) in [5.74, 6) is 0.0415. The molecule has 0 radical (unpaired) electrons. The first kappa shape index (κ1) is 10.7. The molecule has 0 saturated carbocycles. The molecule has 2 heterocycles. The average Bonchev–Trinajstić information content (AvgIpc) is 2.74. The van der Waals surface area contributed by atoms with E-state index in [0.29, 0.717) is 9.21 Å². The van der Waals surface area contributed by atoms with Gasteiger partial charge in [-0.3, -0.25) is 4.79 Å². The van der Waals surface area contributed by atoms with Gasteiger partial charge in [0.25, 0.3) is 0 Å². The molecule has 0 saturated heterocycles. The van der Waals surface area contributed by atoms with E-state index in [1.54, 1.807) is 12.1 Å². The average molecular weight is 261 g/mol. The van der Waals surface area contributed by atoms with Gasteiger partial charge in [-0.05, 0) is 42.3 Å². The second-order valence-electron chi connectivity index (χ2n) is 3.00. The summed E-state index contributed by atoms with van der Waals surface area (Å²) in [7, 11) is 0. The predicted molar refractivity (Wildman–Crippen MR) is 61.2 cm³/mol. The first-order valence-electron chi connectivity index (χ1n) is 4.14. The van der Waals surface area contributed by atoms with Crippen LogP contribution < -0.4 is 0 Å². The van der Waals surface area contributed by atoms with Crippen LogP contribution in [-0.4, -0.2) is 5.78 Å². The third-order valence-corrected chi connectivity index (χ3v) is 3.64. The Bertz CT molecular complexity index is 494. The molecule has 15 heavy (non-hydrogen) atoms. The van der Waals surface area contributed by atoms with Crippen LogP contribution in [0.15, 0.2) is 22.6 Å². The molecule has 0 bridgehead atoms. The van der Waals surface area contributed by atoms with Crippen molar-refractivity contribution in [3.05, 3.63) is 44.0 Å². The van der Waals surface area contributed by atoms with Crippen molar-refractivity contribution in [1.29, 1.82) is 0 Å². The number of halogens is 2. The lowest BCUT2D eigenvalue weighted by Crippen LogP contribution is -1.95. The zero-order chi connectivity index (χ0) is 11.0. The maximum atomic E-state index is 11.8. The molecule has 0 atom stereocenters. The normalized spacial score (nSPS) is 10.6. The molecule has 0 spiro atoms. The molecule has 0 amide bonds. The molecule has 2 nitrogen and oxygen atoms in total. The summed E-state index contributed by atoms with van der Waals surface area (Å²) in [5.41, 5.74) is 0.891. The van der Waals surface area contributed by atoms with Crippen molar-refractivity contribution in [1.82, 2.24) is 0 Å². The third kappa shape index (κ3) is 2.09. The smallest absolute Gasteiger partial charge is 0.238 e. The van der Waals surface area contributed by atoms with Crippen LogP contribution in [0.5, 0.6) is 0 Å². The van der Waals surface area contributed by atoms with Gasteiger partial charge in [0.1, 0.15) is 0 Å². The van der Waals surface area contributed by atoms with E-state index < -0.39 is 0 Å². The van der Waals surface area contributed by atoms with Gasteiger partial charge >= 0.3 is 0 Å². The minimum Gasteiger partial charge on any atom is -0.441 e. The Balaban J connectivity index is 2.36. The number of ketones is 1. The number of thiophene rings is 1. The maximum absolute atomic E-state index is 11.8. The molecule has 2 aromatic rings. The first-order valence-corrected chi connectivity index (χ1v) is 5.71. The van der Waals surface area contributed by atoms with Crippen molar-refractivity contribution >= 4 is 40.3 Å². The Morgan fingerprint density at radius 2 is 2.13 bits per heavy atom. The Morgan fingerprint density at radius 3 is 2.60 bits per heavy atom. The molecule has 0 unspecified atom stereocenters. The zero-order valence-corrected chi connectivity index (χ0v) is 10.0. The lowest BCUT2D eigenvalue weighted by Gasteiger charge is -1.90. The van der Waals surface area contributed by atoms with Crippen LogP contribution in [0.1, 0.15) is 21.0 Å². The first-order chi connectivity index (χ1) is 7.08. The zero-order valence-electron chi connectivity index (χ0n) is 7.71. The Labute approximate surface area is 100 Å². The fourth-order valence-electron chi connectivity index (χ4n) is 1.13. The monoisotopic (exact) mass is 260 g/mol. The summed E-state index contributed by atoms with van der Waals surface area (Å²) in [6, 6.07) is 4.83. The molecule has 2 aromatic heterocycles. The SMILES string of the molecule is Cc1cc(C(=O)c2ccc(Cl)o2)sc1Cl. The molecule has 5 heteroatoms. The van der Waals surface area contributed by atoms with Crippen LogP contribution in [-0.2, 0) is 0 Å². The number of hydrogen-bond donors (Lipinski definition) is 0. The Kier molecular flexibility index (Phi) is 2.87. The van der Waals surface area contributed by atoms with Gasteiger partial charge < -0.3 is 4.42 Å². The van der Waals surface area contributed by atoms with Crippen molar-refractivity contribution < 1.29 is 9.21 Å². The van der Waals surface area contributed by atoms with E-state index >= 15 is 0 Å². The fraction of sp³-hybridized carbons (Fsp3) is 0.100. The van der Waals surface area contributed by atoms with E-state index in [0.717, 1.165) is 5.56 Å². The molecule has 0 aliphatic rings. The number of hydrogen-bond acceptors (Lipinski definition) is 3. The quantitative estimate of drug-likeness (QED) is 0.759. The molecule has 78 valence electrons. The van der Waals surface area contributed by atoms with Crippen LogP contribution in [0.25, 0.3) is 0 Å². The minimum atomic E-state index is -0.193. The summed E-state index contributed by atoms with van der Waals surface area (Å²) in [6.07, 6.45) is 0. The van der Waals surface area contributed by atoms with Crippen LogP contribution in [0.2, 0.25) is 9.56 Å². The van der Waals surface area contributed by atoms with Crippen LogP contribution in [0.3, 0.4) is 0 Å². The van der Waals surface area contributed by atoms with Crippen molar-refractivity contribution in [2.24, 2.45) is 0 Å². The van der Waals surface area contributed by atoms with Gasteiger partial charge in [0.05, 0.1) is 9.21 Å². The van der Waals surface area contributed by atoms with Crippen molar-refractivity contribution in [2.75, 3.05) is 0 Å². The van der Waals surface area contributed by atoms with Gasteiger partial charge in [0.15, 0.2) is 11.0 Å². The van der Waals surface area contributed by atoms with Gasteiger partial charge in [-0.15, -0.1) is 11.3 Å². The van der Waals surface area contributed by atoms with Gasteiger partial charge in [0, 0.05) is 0 Å². The topological polar surface area (TPSA) is 30.2 Å². The molecule has 0 aliphatic carbocycles. The highest BCUT2D eigenvalue weighted by Gasteiger charge is 2.16. The molecule has 2 rings (SSSR count). The van der Waals surface area contributed by atoms with Gasteiger partial charge in [0.2, 0.25) is 5.78 Å². The van der Waals surface area contributed by atoms with E-state index in [-0.39, 0.29) is 16.8 Å². The molecule has 0 fully saturated rings. The molecular weight excluding hydrogens is 255 g/mol. The lowest BCUT2D eigenvalue weighted by molar-refractivity contribution is 0.101. The number of aryl methyl sites for hydroxylation is 1. The van der Waals surface area contributed by atoms with E-state index in [1.165, 1.54) is 17.4 Å². The summed E-state index contributed by atoms with van der Waals surface area (Å²) in [5, 5.41) is 0.206. The Hall–Kier alpha value is -0.770.